The summed E-state index contributed by atoms with van der Waals surface area (Å²) in [6, 6.07) is -15.7. The first-order valence-corrected chi connectivity index (χ1v) is 36.5. The van der Waals surface area contributed by atoms with Crippen molar-refractivity contribution in [3.05, 3.63) is 0 Å². The molecule has 1 aliphatic heterocycles. The van der Waals surface area contributed by atoms with E-state index in [9.17, 15) is 91.7 Å². The number of nitrogens with zero attached hydrogens (tertiary/aromatic N) is 2. The Kier molecular flexibility index (Phi) is 43.9. The fraction of sp³-hybridized carbons (Fsp3) is 0.739. The van der Waals surface area contributed by atoms with E-state index < -0.39 is 192 Å². The Morgan fingerprint density at radius 1 is 0.585 bits per heavy atom. The molecule has 0 saturated carbocycles. The van der Waals surface area contributed by atoms with Gasteiger partial charge < -0.3 is 102 Å². The monoisotopic (exact) mass is 1500 g/mol. The number of carbonyl (C=O) groups is 17. The molecule has 0 aromatic heterocycles. The second-order valence-corrected chi connectivity index (χ2v) is 28.0. The summed E-state index contributed by atoms with van der Waals surface area (Å²) < 4.78 is 0. The lowest BCUT2D eigenvalue weighted by Gasteiger charge is -2.30. The average Bonchev–Trinajstić information content (AvgIpc) is 0.856. The molecular weight excluding hydrogens is 1380 g/mol. The molecule has 1 unspecified atom stereocenters. The van der Waals surface area contributed by atoms with E-state index in [0.717, 1.165) is 4.90 Å². The van der Waals surface area contributed by atoms with E-state index in [-0.39, 0.29) is 139 Å². The molecule has 1 fully saturated rings. The molecule has 1 heterocycles. The van der Waals surface area contributed by atoms with Crippen LogP contribution in [-0.4, -0.2) is 215 Å². The van der Waals surface area contributed by atoms with Crippen molar-refractivity contribution >= 4 is 106 Å². The Morgan fingerprint density at radius 3 is 1.67 bits per heavy atom. The van der Waals surface area contributed by atoms with Gasteiger partial charge >= 0.3 is 11.9 Å². The standard InChI is InChI=1S/C69H120N18O19/c1-12-38(7)56(58(72)96)85-68(106)57(39(8)13-2)86-64(102)46(26-29-54(92)93)78-60(98)42(37(5)6)21-14-15-25-51(89)47(33-36(3)4)82-62(100)43(22-16-18-30-70)79-61(99)45(24-20-32-76-69(73)74)81-65(103)48(34-52(71)90)84-63(101)44-23-17-19-31-75-53(91)28-27-50(87(11)41(10)88)67(105)77-40(9)59(97)83-49(35-55(94)95)66(104)80-44/h36-40,42-50,56-57H,12-35,70H2,1-11H3,(H2,71,90)(H2,72,96)(H,75,91)(H,77,105)(H,78,98)(H,79,99)(H,80,104)(H,81,103)(H,82,100)(H,83,97)(H,84,101)(H,85,106)(H,86,102)(H,92,93)(H,94,95)(H4,73,74,76)/t38-,39-,40-,42?,43-,44-,45-,46-,47-,48-,49-,50+,56-,57-/m0/s1. The normalized spacial score (nSPS) is 19.0. The van der Waals surface area contributed by atoms with Gasteiger partial charge in [0.25, 0.3) is 0 Å². The molecule has 0 spiro atoms. The van der Waals surface area contributed by atoms with Crippen LogP contribution >= 0.6 is 0 Å². The van der Waals surface area contributed by atoms with Gasteiger partial charge in [-0.3, -0.25) is 86.5 Å². The Bertz CT molecular complexity index is 3040. The van der Waals surface area contributed by atoms with E-state index in [1.165, 1.54) is 20.9 Å². The van der Waals surface area contributed by atoms with Gasteiger partial charge in [-0.15, -0.1) is 0 Å². The lowest BCUT2D eigenvalue weighted by atomic mass is 9.88. The number of unbranched alkanes of at least 4 members (excludes halogenated alkanes) is 2. The lowest BCUT2D eigenvalue weighted by molar-refractivity contribution is -0.142. The van der Waals surface area contributed by atoms with E-state index in [1.807, 2.05) is 20.8 Å². The molecular formula is C69H120N18O19. The minimum absolute atomic E-state index is 0.00990. The molecule has 14 atom stereocenters. The van der Waals surface area contributed by atoms with E-state index >= 15 is 0 Å². The number of carbonyl (C=O) groups excluding carboxylic acids is 15. The van der Waals surface area contributed by atoms with Crippen molar-refractivity contribution in [2.75, 3.05) is 26.7 Å². The Balaban J connectivity index is 3.60. The van der Waals surface area contributed by atoms with E-state index in [0.29, 0.717) is 25.7 Å². The van der Waals surface area contributed by atoms with Crippen molar-refractivity contribution in [2.45, 2.75) is 271 Å². The number of carboxylic acids is 2. The number of hydrogen-bond acceptors (Lipinski definition) is 19. The van der Waals surface area contributed by atoms with E-state index in [1.54, 1.807) is 34.6 Å². The maximum atomic E-state index is 14.6. The van der Waals surface area contributed by atoms with Crippen molar-refractivity contribution in [2.24, 2.45) is 63.3 Å². The van der Waals surface area contributed by atoms with Gasteiger partial charge in [0.2, 0.25) is 82.7 Å². The fourth-order valence-corrected chi connectivity index (χ4v) is 11.5. The Labute approximate surface area is 619 Å². The summed E-state index contributed by atoms with van der Waals surface area (Å²) in [6.07, 6.45) is -1.11. The quantitative estimate of drug-likeness (QED) is 0.0166. The van der Waals surface area contributed by atoms with Crippen LogP contribution in [0.4, 0.5) is 0 Å². The predicted molar refractivity (Wildman–Crippen MR) is 388 cm³/mol. The third-order valence-electron chi connectivity index (χ3n) is 18.4. The van der Waals surface area contributed by atoms with Gasteiger partial charge in [-0.05, 0) is 121 Å². The highest BCUT2D eigenvalue weighted by molar-refractivity contribution is 6.00. The van der Waals surface area contributed by atoms with Crippen molar-refractivity contribution in [1.29, 1.82) is 0 Å². The number of guanidine groups is 1. The summed E-state index contributed by atoms with van der Waals surface area (Å²) in [5.41, 5.74) is 28.2. The largest absolute Gasteiger partial charge is 0.481 e. The number of primary amides is 2. The molecule has 106 heavy (non-hydrogen) atoms. The zero-order valence-corrected chi connectivity index (χ0v) is 63.3. The number of nitrogens with two attached hydrogens (primary N) is 5. The van der Waals surface area contributed by atoms with Crippen LogP contribution in [0.2, 0.25) is 0 Å². The zero-order valence-electron chi connectivity index (χ0n) is 63.3. The average molecular weight is 1510 g/mol. The number of nitrogens with one attached hydrogen (secondary N) is 11. The summed E-state index contributed by atoms with van der Waals surface area (Å²) in [7, 11) is 1.33. The number of aliphatic carboxylic acids is 2. The van der Waals surface area contributed by atoms with Gasteiger partial charge in [-0.2, -0.15) is 0 Å². The highest BCUT2D eigenvalue weighted by atomic mass is 16.4. The maximum absolute atomic E-state index is 14.6. The molecule has 1 rings (SSSR count). The number of carboxylic acid groups (broad SMARTS) is 2. The summed E-state index contributed by atoms with van der Waals surface area (Å²) >= 11 is 0. The van der Waals surface area contributed by atoms with Gasteiger partial charge in [-0.25, -0.2) is 0 Å². The van der Waals surface area contributed by atoms with E-state index in [2.05, 4.69) is 63.5 Å². The minimum atomic E-state index is -1.89. The summed E-state index contributed by atoms with van der Waals surface area (Å²) in [5, 5.41) is 47.5. The van der Waals surface area contributed by atoms with Gasteiger partial charge in [0.1, 0.15) is 60.4 Å². The molecule has 1 saturated heterocycles. The third-order valence-corrected chi connectivity index (χ3v) is 18.4. The van der Waals surface area contributed by atoms with E-state index in [4.69, 9.17) is 28.7 Å². The van der Waals surface area contributed by atoms with Crippen LogP contribution in [0.5, 0.6) is 0 Å². The molecule has 0 radical (unpaired) electrons. The van der Waals surface area contributed by atoms with Gasteiger partial charge in [0.15, 0.2) is 11.7 Å². The van der Waals surface area contributed by atoms with Crippen LogP contribution in [0.15, 0.2) is 4.99 Å². The Hall–Kier alpha value is -9.58. The number of likely N-dealkylation sites (N-methyl/N-ethyl adjacent to an activating group) is 1. The smallest absolute Gasteiger partial charge is 0.305 e. The molecule has 14 amide bonds. The first kappa shape index (κ1) is 94.4. The van der Waals surface area contributed by atoms with Crippen LogP contribution in [0.25, 0.3) is 0 Å². The molecule has 0 aromatic rings. The lowest BCUT2D eigenvalue weighted by Crippen LogP contribution is -2.60. The topological polar surface area (TPSA) is 609 Å². The van der Waals surface area contributed by atoms with Crippen LogP contribution in [0, 0.1) is 29.6 Å². The fourth-order valence-electron chi connectivity index (χ4n) is 11.5. The highest BCUT2D eigenvalue weighted by Crippen LogP contribution is 2.22. The number of hydrogen-bond donors (Lipinski definition) is 18. The van der Waals surface area contributed by atoms with Crippen LogP contribution in [0.3, 0.4) is 0 Å². The zero-order chi connectivity index (χ0) is 80.7. The number of Topliss-reactive ketones (excluding diaryl/α,β-unsaturated/α-hetero) is 1. The second-order valence-electron chi connectivity index (χ2n) is 28.0. The second kappa shape index (κ2) is 49.3. The summed E-state index contributed by atoms with van der Waals surface area (Å²) in [4.78, 5) is 234. The molecule has 0 aromatic carbocycles. The van der Waals surface area contributed by atoms with Crippen LogP contribution in [0.1, 0.15) is 204 Å². The Morgan fingerprint density at radius 2 is 1.13 bits per heavy atom. The molecule has 37 nitrogen and oxygen atoms in total. The molecule has 23 N–H and O–H groups in total. The molecule has 0 bridgehead atoms. The maximum Gasteiger partial charge on any atom is 0.305 e. The SMILES string of the molecule is CC[C@H](C)[C@H](NC(=O)[C@@H](NC(=O)[C@H](CCC(=O)O)NC(=O)C(CCCCC(=O)[C@H](CC(C)C)NC(=O)[C@H](CCCCN)NC(=O)[C@H](CCCN=C(N)N)NC(=O)[C@H](CC(N)=O)NC(=O)[C@@H]1CCCCNC(=O)CC[C@@H](N(C)C(C)=O)C(=O)N[C@@H](C)C(=O)N[C@@H](CC(=O)O)C(=O)N1)C(C)C)[C@@H](C)CC)C(N)=O. The van der Waals surface area contributed by atoms with Gasteiger partial charge in [-0.1, -0.05) is 74.7 Å². The summed E-state index contributed by atoms with van der Waals surface area (Å²) in [5.74, 6) is -17.7. The number of aliphatic imine (C=N–C) groups is 1. The molecule has 0 aliphatic carbocycles. The molecule has 1 aliphatic rings. The first-order chi connectivity index (χ1) is 49.7. The third kappa shape index (κ3) is 35.9. The first-order valence-electron chi connectivity index (χ1n) is 36.5. The van der Waals surface area contributed by atoms with Crippen molar-refractivity contribution in [3.63, 3.8) is 0 Å². The van der Waals surface area contributed by atoms with Crippen molar-refractivity contribution in [1.82, 2.24) is 63.4 Å². The number of amides is 14. The predicted octanol–water partition coefficient (Wildman–Crippen LogP) is -2.80. The highest BCUT2D eigenvalue weighted by Gasteiger charge is 2.39. The number of ketones is 1. The van der Waals surface area contributed by atoms with Crippen LogP contribution < -0.4 is 87.2 Å². The summed E-state index contributed by atoms with van der Waals surface area (Å²) in [6.45, 7) is 16.8. The van der Waals surface area contributed by atoms with Crippen molar-refractivity contribution in [3.8, 4) is 0 Å². The minimum Gasteiger partial charge on any atom is -0.481 e. The molecule has 600 valence electrons. The van der Waals surface area contributed by atoms with Crippen molar-refractivity contribution < 1.29 is 91.7 Å². The number of rotatable bonds is 44. The van der Waals surface area contributed by atoms with Gasteiger partial charge in [0.05, 0.1) is 18.9 Å². The van der Waals surface area contributed by atoms with Crippen LogP contribution in [-0.2, 0) is 81.5 Å². The van der Waals surface area contributed by atoms with Gasteiger partial charge in [0, 0.05) is 52.2 Å². The molecule has 37 heteroatoms.